The van der Waals surface area contributed by atoms with Crippen LogP contribution in [0.15, 0.2) is 23.1 Å². The summed E-state index contributed by atoms with van der Waals surface area (Å²) >= 11 is 0. The molecule has 1 aromatic rings. The predicted molar refractivity (Wildman–Crippen MR) is 109 cm³/mol. The highest BCUT2D eigenvalue weighted by Crippen LogP contribution is 2.48. The molecule has 1 aromatic carbocycles. The molecule has 1 amide bonds. The quantitative estimate of drug-likeness (QED) is 0.728. The van der Waals surface area contributed by atoms with Gasteiger partial charge in [-0.2, -0.15) is 0 Å². The van der Waals surface area contributed by atoms with E-state index in [1.54, 1.807) is 0 Å². The maximum Gasteiger partial charge on any atom is 0.243 e. The molecule has 0 unspecified atom stereocenters. The number of nitrogens with zero attached hydrogens (tertiary/aromatic N) is 1. The van der Waals surface area contributed by atoms with E-state index in [1.165, 1.54) is 19.3 Å². The molecule has 4 rings (SSSR count). The van der Waals surface area contributed by atoms with Crippen LogP contribution in [0.25, 0.3) is 0 Å². The van der Waals surface area contributed by atoms with E-state index in [1.807, 2.05) is 4.90 Å². The molecule has 2 aliphatic carbocycles. The Balaban J connectivity index is 1.50. The van der Waals surface area contributed by atoms with Gasteiger partial charge in [-0.05, 0) is 50.2 Å². The molecular weight excluding hydrogens is 410 g/mol. The number of likely N-dealkylation sites (tertiary alicyclic amines) is 1. The second kappa shape index (κ2) is 8.54. The van der Waals surface area contributed by atoms with Crippen molar-refractivity contribution in [2.75, 3.05) is 13.1 Å². The predicted octanol–water partition coefficient (Wildman–Crippen LogP) is 3.98. The molecule has 0 radical (unpaired) electrons. The molecule has 3 aliphatic rings. The third-order valence-electron chi connectivity index (χ3n) is 7.37. The van der Waals surface area contributed by atoms with Crippen molar-refractivity contribution in [3.63, 3.8) is 0 Å². The van der Waals surface area contributed by atoms with Crippen LogP contribution in [0.1, 0.15) is 64.2 Å². The van der Waals surface area contributed by atoms with Crippen molar-refractivity contribution < 1.29 is 22.0 Å². The monoisotopic (exact) mass is 440 g/mol. The average molecular weight is 441 g/mol. The fourth-order valence-electron chi connectivity index (χ4n) is 5.75. The van der Waals surface area contributed by atoms with E-state index in [2.05, 4.69) is 4.72 Å². The van der Waals surface area contributed by atoms with Crippen molar-refractivity contribution in [1.29, 1.82) is 0 Å². The molecule has 30 heavy (non-hydrogen) atoms. The van der Waals surface area contributed by atoms with Gasteiger partial charge >= 0.3 is 0 Å². The van der Waals surface area contributed by atoms with E-state index in [-0.39, 0.29) is 23.9 Å². The van der Waals surface area contributed by atoms with Crippen LogP contribution < -0.4 is 4.72 Å². The molecule has 166 valence electrons. The summed E-state index contributed by atoms with van der Waals surface area (Å²) in [7, 11) is -4.10. The van der Waals surface area contributed by atoms with E-state index in [4.69, 9.17) is 0 Å². The highest BCUT2D eigenvalue weighted by molar-refractivity contribution is 7.89. The highest BCUT2D eigenvalue weighted by atomic mass is 32.2. The lowest BCUT2D eigenvalue weighted by atomic mass is 9.74. The lowest BCUT2D eigenvalue weighted by Gasteiger charge is -2.47. The number of sulfonamides is 1. The maximum absolute atomic E-state index is 14.0. The Labute approximate surface area is 177 Å². The summed E-state index contributed by atoms with van der Waals surface area (Å²) in [6, 6.07) is 2.51. The number of hydrogen-bond donors (Lipinski definition) is 1. The first-order chi connectivity index (χ1) is 14.3. The molecular formula is C22H30F2N2O3S. The van der Waals surface area contributed by atoms with Crippen molar-refractivity contribution >= 4 is 15.9 Å². The Hall–Kier alpha value is -1.54. The van der Waals surface area contributed by atoms with Crippen molar-refractivity contribution in [3.8, 4) is 0 Å². The van der Waals surface area contributed by atoms with Crippen LogP contribution in [0, 0.1) is 23.0 Å². The third kappa shape index (κ3) is 4.26. The number of rotatable bonds is 6. The molecule has 0 bridgehead atoms. The first-order valence-corrected chi connectivity index (χ1v) is 12.5. The zero-order chi connectivity index (χ0) is 21.4. The summed E-state index contributed by atoms with van der Waals surface area (Å²) in [6.07, 6.45) is 9.75. The molecule has 1 aliphatic heterocycles. The minimum absolute atomic E-state index is 0.0291. The van der Waals surface area contributed by atoms with Gasteiger partial charge < -0.3 is 4.90 Å². The largest absolute Gasteiger partial charge is 0.339 e. The van der Waals surface area contributed by atoms with Crippen LogP contribution in [0.2, 0.25) is 0 Å². The highest BCUT2D eigenvalue weighted by Gasteiger charge is 2.50. The van der Waals surface area contributed by atoms with E-state index < -0.39 is 26.6 Å². The van der Waals surface area contributed by atoms with Crippen molar-refractivity contribution in [1.82, 2.24) is 9.62 Å². The number of fused-ring (bicyclic) bond motifs is 1. The number of amides is 1. The number of carbonyl (C=O) groups is 1. The van der Waals surface area contributed by atoms with Crippen molar-refractivity contribution in [3.05, 3.63) is 29.8 Å². The van der Waals surface area contributed by atoms with Gasteiger partial charge in [-0.3, -0.25) is 4.79 Å². The van der Waals surface area contributed by atoms with Gasteiger partial charge in [-0.15, -0.1) is 0 Å². The Bertz CT molecular complexity index is 902. The van der Waals surface area contributed by atoms with Crippen LogP contribution >= 0.6 is 0 Å². The first-order valence-electron chi connectivity index (χ1n) is 11.0. The standard InChI is InChI=1S/C22H30F2N2O3S/c23-17-8-9-19(18(24)13-17)30(28,29)25-15-22-11-4-7-20(22)26(21(27)10-12-22)14-16-5-2-1-3-6-16/h8-9,13,16,20,25H,1-7,10-12,14-15H2/t20-,22+/m1/s1. The van der Waals surface area contributed by atoms with Gasteiger partial charge in [0, 0.05) is 37.0 Å². The second-order valence-electron chi connectivity index (χ2n) is 9.22. The summed E-state index contributed by atoms with van der Waals surface area (Å²) < 4.78 is 55.2. The van der Waals surface area contributed by atoms with Gasteiger partial charge in [-0.1, -0.05) is 25.7 Å². The molecule has 2 atom stereocenters. The second-order valence-corrected chi connectivity index (χ2v) is 11.0. The summed E-state index contributed by atoms with van der Waals surface area (Å²) in [5.74, 6) is -1.20. The van der Waals surface area contributed by atoms with Crippen LogP contribution in [-0.2, 0) is 14.8 Å². The van der Waals surface area contributed by atoms with Gasteiger partial charge in [0.05, 0.1) is 0 Å². The Kier molecular flexibility index (Phi) is 6.17. The van der Waals surface area contributed by atoms with Crippen molar-refractivity contribution in [2.24, 2.45) is 11.3 Å². The zero-order valence-corrected chi connectivity index (χ0v) is 18.0. The number of piperidine rings is 1. The summed E-state index contributed by atoms with van der Waals surface area (Å²) in [5.41, 5.74) is -0.313. The SMILES string of the molecule is O=C1CC[C@]2(CNS(=O)(=O)c3ccc(F)cc3F)CCC[C@H]2N1CC1CCCCC1. The van der Waals surface area contributed by atoms with E-state index in [9.17, 15) is 22.0 Å². The smallest absolute Gasteiger partial charge is 0.243 e. The number of carbonyl (C=O) groups excluding carboxylic acids is 1. The summed E-state index contributed by atoms with van der Waals surface area (Å²) in [4.78, 5) is 14.2. The molecule has 8 heteroatoms. The Morgan fingerprint density at radius 3 is 2.57 bits per heavy atom. The first kappa shape index (κ1) is 21.7. The molecule has 0 aromatic heterocycles. The molecule has 1 saturated heterocycles. The molecule has 1 N–H and O–H groups in total. The van der Waals surface area contributed by atoms with Crippen molar-refractivity contribution in [2.45, 2.75) is 75.1 Å². The van der Waals surface area contributed by atoms with E-state index >= 15 is 0 Å². The molecule has 3 fully saturated rings. The fraction of sp³-hybridized carbons (Fsp3) is 0.682. The van der Waals surface area contributed by atoms with Crippen LogP contribution in [-0.4, -0.2) is 38.4 Å². The number of benzene rings is 1. The van der Waals surface area contributed by atoms with Crippen LogP contribution in [0.3, 0.4) is 0 Å². The minimum atomic E-state index is -4.10. The summed E-state index contributed by atoms with van der Waals surface area (Å²) in [5, 5.41) is 0. The fourth-order valence-corrected chi connectivity index (χ4v) is 6.95. The number of nitrogens with one attached hydrogen (secondary N) is 1. The zero-order valence-electron chi connectivity index (χ0n) is 17.2. The topological polar surface area (TPSA) is 66.5 Å². The summed E-state index contributed by atoms with van der Waals surface area (Å²) in [6.45, 7) is 0.940. The van der Waals surface area contributed by atoms with Gasteiger partial charge in [0.2, 0.25) is 15.9 Å². The molecule has 0 spiro atoms. The third-order valence-corrected chi connectivity index (χ3v) is 8.80. The number of hydrogen-bond acceptors (Lipinski definition) is 3. The van der Waals surface area contributed by atoms with Gasteiger partial charge in [0.25, 0.3) is 0 Å². The Morgan fingerprint density at radius 2 is 1.83 bits per heavy atom. The van der Waals surface area contributed by atoms with E-state index in [0.717, 1.165) is 50.8 Å². The van der Waals surface area contributed by atoms with Gasteiger partial charge in [0.1, 0.15) is 16.5 Å². The lowest BCUT2D eigenvalue weighted by molar-refractivity contribution is -0.142. The minimum Gasteiger partial charge on any atom is -0.339 e. The van der Waals surface area contributed by atoms with E-state index in [0.29, 0.717) is 24.8 Å². The molecule has 5 nitrogen and oxygen atoms in total. The lowest BCUT2D eigenvalue weighted by Crippen LogP contribution is -2.57. The Morgan fingerprint density at radius 1 is 1.07 bits per heavy atom. The molecule has 1 heterocycles. The van der Waals surface area contributed by atoms with Crippen LogP contribution in [0.5, 0.6) is 0 Å². The average Bonchev–Trinajstić information content (AvgIpc) is 3.14. The normalized spacial score (nSPS) is 28.0. The van der Waals surface area contributed by atoms with Crippen LogP contribution in [0.4, 0.5) is 8.78 Å². The van der Waals surface area contributed by atoms with Gasteiger partial charge in [0.15, 0.2) is 0 Å². The maximum atomic E-state index is 14.0. The number of halogens is 2. The molecule has 2 saturated carbocycles. The van der Waals surface area contributed by atoms with Gasteiger partial charge in [-0.25, -0.2) is 21.9 Å².